The summed E-state index contributed by atoms with van der Waals surface area (Å²) in [6.45, 7) is 13.5. The van der Waals surface area contributed by atoms with E-state index in [1.807, 2.05) is 0 Å². The summed E-state index contributed by atoms with van der Waals surface area (Å²) in [4.78, 5) is 18.3. The SMILES string of the molecule is CCCCCCCC(CC)Oc1c2nc(c(OC(CC)CCCCCCC)c3ccc(cc4cc(-c5ccccc5)c([nH]4)c(OC(CC)CCCCCCC)c4nc1C=C4)[nH]3)C=C2.I.I. The van der Waals surface area contributed by atoms with Crippen LogP contribution < -0.4 is 14.2 Å². The Morgan fingerprint density at radius 3 is 1.38 bits per heavy atom. The number of rotatable bonds is 28. The molecule has 7 nitrogen and oxygen atoms in total. The van der Waals surface area contributed by atoms with Crippen molar-refractivity contribution in [3.05, 3.63) is 77.4 Å². The highest BCUT2D eigenvalue weighted by molar-refractivity contribution is 14.0. The van der Waals surface area contributed by atoms with Gasteiger partial charge >= 0.3 is 0 Å². The van der Waals surface area contributed by atoms with E-state index in [9.17, 15) is 0 Å². The van der Waals surface area contributed by atoms with Crippen molar-refractivity contribution in [3.8, 4) is 28.4 Å². The van der Waals surface area contributed by atoms with E-state index in [1.54, 1.807) is 0 Å². The van der Waals surface area contributed by atoms with Gasteiger partial charge in [-0.1, -0.05) is 149 Å². The molecule has 0 amide bonds. The van der Waals surface area contributed by atoms with Gasteiger partial charge in [-0.15, -0.1) is 48.0 Å². The maximum atomic E-state index is 7.21. The molecule has 0 spiro atoms. The van der Waals surface area contributed by atoms with Gasteiger partial charge in [0, 0.05) is 16.6 Å². The lowest BCUT2D eigenvalue weighted by Crippen LogP contribution is -2.17. The number of nitrogens with zero attached hydrogens (tertiary/aromatic N) is 2. The molecule has 5 heterocycles. The summed E-state index contributed by atoms with van der Waals surface area (Å²) < 4.78 is 21.4. The number of ether oxygens (including phenoxy) is 3. The molecule has 9 heteroatoms. The molecule has 2 aliphatic heterocycles. The van der Waals surface area contributed by atoms with Crippen LogP contribution in [-0.4, -0.2) is 38.2 Å². The van der Waals surface area contributed by atoms with Crippen molar-refractivity contribution in [2.45, 2.75) is 195 Å². The smallest absolute Gasteiger partial charge is 0.170 e. The van der Waals surface area contributed by atoms with Crippen molar-refractivity contribution in [1.29, 1.82) is 0 Å². The van der Waals surface area contributed by atoms with Crippen molar-refractivity contribution in [2.24, 2.45) is 0 Å². The number of benzene rings is 1. The third-order valence-electron chi connectivity index (χ3n) is 12.7. The van der Waals surface area contributed by atoms with Crippen LogP contribution in [-0.2, 0) is 0 Å². The summed E-state index contributed by atoms with van der Waals surface area (Å²) in [5.41, 5.74) is 9.09. The predicted octanol–water partition coefficient (Wildman–Crippen LogP) is 18.1. The highest BCUT2D eigenvalue weighted by atomic mass is 127. The van der Waals surface area contributed by atoms with Crippen LogP contribution in [0.15, 0.2) is 54.6 Å². The molecule has 6 rings (SSSR count). The monoisotopic (exact) mass is 1110 g/mol. The van der Waals surface area contributed by atoms with E-state index in [-0.39, 0.29) is 66.3 Å². The molecule has 3 aromatic heterocycles. The minimum Gasteiger partial charge on any atom is -0.486 e. The van der Waals surface area contributed by atoms with Crippen LogP contribution in [0.4, 0.5) is 0 Å². The Hall–Kier alpha value is -3.32. The number of hydrogen-bond donors (Lipinski definition) is 2. The quantitative estimate of drug-likeness (QED) is 0.0378. The second-order valence-electron chi connectivity index (χ2n) is 17.8. The highest BCUT2D eigenvalue weighted by Crippen LogP contribution is 2.39. The van der Waals surface area contributed by atoms with Gasteiger partial charge in [-0.25, -0.2) is 9.97 Å². The van der Waals surface area contributed by atoms with Crippen molar-refractivity contribution in [1.82, 2.24) is 19.9 Å². The summed E-state index contributed by atoms with van der Waals surface area (Å²) in [7, 11) is 0. The highest BCUT2D eigenvalue weighted by Gasteiger charge is 2.23. The maximum Gasteiger partial charge on any atom is 0.170 e. The fourth-order valence-electron chi connectivity index (χ4n) is 8.83. The van der Waals surface area contributed by atoms with E-state index in [0.717, 1.165) is 125 Å². The number of H-pyrrole nitrogens is 2. The van der Waals surface area contributed by atoms with Gasteiger partial charge in [-0.05, 0) is 112 Å². The number of aromatic amines is 2. The molecule has 2 N–H and O–H groups in total. The number of aromatic nitrogens is 4. The fraction of sp³-hybridized carbons (Fsp3) is 0.536. The first kappa shape index (κ1) is 54.3. The molecular weight excluding hydrogens is 1030 g/mol. The Morgan fingerprint density at radius 2 is 0.892 bits per heavy atom. The standard InChI is InChI=1S/C56H78N4O3.2HI/c1-7-13-16-19-25-30-44(10-4)61-54-48-34-33-42(57-48)39-43-40-47(41-28-23-22-24-29-41)53(58-43)56(63-46(12-6)32-27-21-18-15-9-3)52-38-37-51(60-52)55(50-36-35-49(54)59-50)62-45(11-5)31-26-20-17-14-8-2;;/h22-24,28-29,33-40,44-46,57-58H,7-21,25-27,30-32H2,1-6H3;2*1H. The van der Waals surface area contributed by atoms with Crippen LogP contribution in [0.2, 0.25) is 0 Å². The van der Waals surface area contributed by atoms with E-state index in [0.29, 0.717) is 5.75 Å². The van der Waals surface area contributed by atoms with E-state index < -0.39 is 0 Å². The average Bonchev–Trinajstić information content (AvgIpc) is 4.16. The zero-order chi connectivity index (χ0) is 44.2. The minimum absolute atomic E-state index is 0. The summed E-state index contributed by atoms with van der Waals surface area (Å²) in [5.74, 6) is 2.25. The number of halogens is 2. The Kier molecular flexibility index (Phi) is 24.6. The van der Waals surface area contributed by atoms with Gasteiger partial charge in [0.25, 0.3) is 0 Å². The lowest BCUT2D eigenvalue weighted by molar-refractivity contribution is 0.180. The van der Waals surface area contributed by atoms with Crippen LogP contribution >= 0.6 is 48.0 Å². The van der Waals surface area contributed by atoms with Gasteiger partial charge in [0.05, 0.1) is 29.3 Å². The van der Waals surface area contributed by atoms with Crippen LogP contribution in [0.3, 0.4) is 0 Å². The summed E-state index contributed by atoms with van der Waals surface area (Å²) in [6, 6.07) is 19.3. The molecule has 4 aromatic rings. The molecular formula is C56H80I2N4O3. The van der Waals surface area contributed by atoms with Crippen molar-refractivity contribution >= 4 is 94.3 Å². The summed E-state index contributed by atoms with van der Waals surface area (Å²) in [5, 5.41) is 0. The van der Waals surface area contributed by atoms with Crippen LogP contribution in [0, 0.1) is 0 Å². The Balaban J connectivity index is 0.00000462. The van der Waals surface area contributed by atoms with Crippen LogP contribution in [0.5, 0.6) is 17.2 Å². The number of fused-ring (bicyclic) bond motifs is 8. The Bertz CT molecular complexity index is 2230. The molecule has 8 bridgehead atoms. The maximum absolute atomic E-state index is 7.21. The third kappa shape index (κ3) is 15.9. The zero-order valence-electron chi connectivity index (χ0n) is 40.5. The molecule has 0 saturated carbocycles. The van der Waals surface area contributed by atoms with E-state index in [1.165, 1.54) is 77.0 Å². The van der Waals surface area contributed by atoms with Gasteiger partial charge in [-0.3, -0.25) is 0 Å². The number of hydrogen-bond acceptors (Lipinski definition) is 5. The first-order valence-electron chi connectivity index (χ1n) is 25.2. The van der Waals surface area contributed by atoms with Gasteiger partial charge < -0.3 is 24.2 Å². The first-order valence-corrected chi connectivity index (χ1v) is 25.2. The third-order valence-corrected chi connectivity index (χ3v) is 12.7. The molecule has 2 aliphatic rings. The summed E-state index contributed by atoms with van der Waals surface area (Å²) in [6.07, 6.45) is 32.8. The molecule has 3 atom stereocenters. The second kappa shape index (κ2) is 29.4. The molecule has 1 aromatic carbocycles. The van der Waals surface area contributed by atoms with Gasteiger partial charge in [-0.2, -0.15) is 0 Å². The van der Waals surface area contributed by atoms with Crippen LogP contribution in [0.1, 0.15) is 199 Å². The summed E-state index contributed by atoms with van der Waals surface area (Å²) >= 11 is 0. The number of unbranched alkanes of at least 4 members (excludes halogenated alkanes) is 12. The zero-order valence-corrected chi connectivity index (χ0v) is 45.2. The van der Waals surface area contributed by atoms with Gasteiger partial charge in [0.1, 0.15) is 22.8 Å². The fourth-order valence-corrected chi connectivity index (χ4v) is 8.83. The molecule has 0 radical (unpaired) electrons. The van der Waals surface area contributed by atoms with Crippen molar-refractivity contribution in [2.75, 3.05) is 0 Å². The van der Waals surface area contributed by atoms with E-state index in [2.05, 4.69) is 130 Å². The molecule has 0 fully saturated rings. The van der Waals surface area contributed by atoms with Crippen molar-refractivity contribution < 1.29 is 14.2 Å². The molecule has 65 heavy (non-hydrogen) atoms. The molecule has 356 valence electrons. The number of nitrogens with one attached hydrogen (secondary N) is 2. The lowest BCUT2D eigenvalue weighted by Gasteiger charge is -2.19. The molecule has 0 saturated heterocycles. The van der Waals surface area contributed by atoms with Crippen LogP contribution in [0.25, 0.3) is 57.5 Å². The van der Waals surface area contributed by atoms with E-state index in [4.69, 9.17) is 24.2 Å². The Morgan fingerprint density at radius 1 is 0.446 bits per heavy atom. The minimum atomic E-state index is 0. The largest absolute Gasteiger partial charge is 0.486 e. The predicted molar refractivity (Wildman–Crippen MR) is 299 cm³/mol. The van der Waals surface area contributed by atoms with Gasteiger partial charge in [0.2, 0.25) is 0 Å². The molecule has 0 aliphatic carbocycles. The topological polar surface area (TPSA) is 85.1 Å². The average molecular weight is 1110 g/mol. The normalized spacial score (nSPS) is 13.2. The van der Waals surface area contributed by atoms with Crippen molar-refractivity contribution in [3.63, 3.8) is 0 Å². The Labute approximate surface area is 425 Å². The first-order chi connectivity index (χ1) is 31.0. The lowest BCUT2D eigenvalue weighted by atomic mass is 10.1. The van der Waals surface area contributed by atoms with E-state index >= 15 is 0 Å². The second-order valence-corrected chi connectivity index (χ2v) is 17.8. The van der Waals surface area contributed by atoms with Gasteiger partial charge in [0.15, 0.2) is 17.2 Å². The molecule has 3 unspecified atom stereocenters.